The zero-order valence-electron chi connectivity index (χ0n) is 13.9. The summed E-state index contributed by atoms with van der Waals surface area (Å²) in [5.74, 6) is -0.894. The van der Waals surface area contributed by atoms with E-state index in [-0.39, 0.29) is 18.6 Å². The molecule has 132 valence electrons. The van der Waals surface area contributed by atoms with Crippen LogP contribution in [0, 0.1) is 13.8 Å². The molecule has 7 nitrogen and oxygen atoms in total. The number of pyridine rings is 1. The van der Waals surface area contributed by atoms with E-state index in [1.165, 1.54) is 16.8 Å². The number of benzene rings is 1. The van der Waals surface area contributed by atoms with Gasteiger partial charge in [0.05, 0.1) is 6.54 Å². The van der Waals surface area contributed by atoms with Crippen molar-refractivity contribution >= 4 is 33.4 Å². The lowest BCUT2D eigenvalue weighted by Gasteiger charge is -2.12. The summed E-state index contributed by atoms with van der Waals surface area (Å²) in [6.45, 7) is 3.77. The van der Waals surface area contributed by atoms with Gasteiger partial charge in [0, 0.05) is 22.4 Å². The minimum atomic E-state index is -0.500. The number of halogens is 1. The number of anilines is 1. The normalized spacial score (nSPS) is 10.2. The summed E-state index contributed by atoms with van der Waals surface area (Å²) in [6.07, 6.45) is 1.51. The smallest absolute Gasteiger partial charge is 0.258 e. The van der Waals surface area contributed by atoms with Gasteiger partial charge in [0.2, 0.25) is 0 Å². The molecule has 3 N–H and O–H groups in total. The van der Waals surface area contributed by atoms with Crippen molar-refractivity contribution in [1.82, 2.24) is 15.4 Å². The fourth-order valence-corrected chi connectivity index (χ4v) is 2.57. The molecular weight excluding hydrogens is 388 g/mol. The topological polar surface area (TPSA) is 92.2 Å². The molecule has 0 aliphatic rings. The third kappa shape index (κ3) is 5.75. The summed E-state index contributed by atoms with van der Waals surface area (Å²) in [5.41, 5.74) is 7.32. The Morgan fingerprint density at radius 3 is 2.52 bits per heavy atom. The van der Waals surface area contributed by atoms with Crippen LogP contribution in [-0.2, 0) is 16.1 Å². The van der Waals surface area contributed by atoms with Gasteiger partial charge in [-0.2, -0.15) is 0 Å². The SMILES string of the molecule is Cc1ccc(NCC(=O)NNC(=O)Cn2cc(Br)ccc2=O)c(C)c1. The van der Waals surface area contributed by atoms with E-state index in [0.717, 1.165) is 16.8 Å². The highest BCUT2D eigenvalue weighted by atomic mass is 79.9. The number of hydrogen-bond acceptors (Lipinski definition) is 4. The van der Waals surface area contributed by atoms with Gasteiger partial charge in [0.25, 0.3) is 17.4 Å². The standard InChI is InChI=1S/C17H19BrN4O3/c1-11-3-5-14(12(2)7-11)19-8-15(23)20-21-16(24)10-22-9-13(18)4-6-17(22)25/h3-7,9,19H,8,10H2,1-2H3,(H,20,23)(H,21,24). The van der Waals surface area contributed by atoms with Crippen molar-refractivity contribution in [3.63, 3.8) is 0 Å². The molecule has 2 amide bonds. The zero-order valence-corrected chi connectivity index (χ0v) is 15.5. The maximum atomic E-state index is 11.8. The second-order valence-electron chi connectivity index (χ2n) is 5.58. The van der Waals surface area contributed by atoms with Crippen LogP contribution in [0.15, 0.2) is 45.8 Å². The van der Waals surface area contributed by atoms with Crippen LogP contribution in [0.5, 0.6) is 0 Å². The highest BCUT2D eigenvalue weighted by Crippen LogP contribution is 2.15. The van der Waals surface area contributed by atoms with E-state index in [0.29, 0.717) is 4.47 Å². The average Bonchev–Trinajstić information content (AvgIpc) is 2.55. The highest BCUT2D eigenvalue weighted by Gasteiger charge is 2.07. The van der Waals surface area contributed by atoms with Crippen LogP contribution in [-0.4, -0.2) is 22.9 Å². The summed E-state index contributed by atoms with van der Waals surface area (Å²) in [4.78, 5) is 35.3. The second-order valence-corrected chi connectivity index (χ2v) is 6.50. The quantitative estimate of drug-likeness (QED) is 0.655. The van der Waals surface area contributed by atoms with E-state index in [9.17, 15) is 14.4 Å². The monoisotopic (exact) mass is 406 g/mol. The van der Waals surface area contributed by atoms with E-state index >= 15 is 0 Å². The van der Waals surface area contributed by atoms with Crippen LogP contribution < -0.4 is 21.7 Å². The van der Waals surface area contributed by atoms with Crippen molar-refractivity contribution in [3.05, 3.63) is 62.5 Å². The number of hydrogen-bond donors (Lipinski definition) is 3. The molecule has 1 aromatic heterocycles. The number of hydrazine groups is 1. The number of aryl methyl sites for hydroxylation is 2. The molecule has 0 saturated heterocycles. The minimum Gasteiger partial charge on any atom is -0.376 e. The molecule has 8 heteroatoms. The van der Waals surface area contributed by atoms with Crippen LogP contribution >= 0.6 is 15.9 Å². The van der Waals surface area contributed by atoms with E-state index in [4.69, 9.17) is 0 Å². The third-order valence-electron chi connectivity index (χ3n) is 3.42. The fraction of sp³-hybridized carbons (Fsp3) is 0.235. The molecule has 2 aromatic rings. The van der Waals surface area contributed by atoms with Crippen molar-refractivity contribution in [2.45, 2.75) is 20.4 Å². The molecule has 1 heterocycles. The molecule has 0 unspecified atom stereocenters. The van der Waals surface area contributed by atoms with Crippen LogP contribution in [0.25, 0.3) is 0 Å². The van der Waals surface area contributed by atoms with Gasteiger partial charge in [-0.3, -0.25) is 25.2 Å². The Balaban J connectivity index is 1.80. The second kappa shape index (κ2) is 8.48. The Morgan fingerprint density at radius 2 is 1.80 bits per heavy atom. The van der Waals surface area contributed by atoms with Gasteiger partial charge >= 0.3 is 0 Å². The van der Waals surface area contributed by atoms with Crippen molar-refractivity contribution in [1.29, 1.82) is 0 Å². The molecule has 0 bridgehead atoms. The van der Waals surface area contributed by atoms with Gasteiger partial charge in [0.15, 0.2) is 0 Å². The number of carbonyl (C=O) groups excluding carboxylic acids is 2. The van der Waals surface area contributed by atoms with Gasteiger partial charge in [-0.25, -0.2) is 0 Å². The molecule has 0 radical (unpaired) electrons. The first-order valence-electron chi connectivity index (χ1n) is 7.60. The maximum Gasteiger partial charge on any atom is 0.258 e. The third-order valence-corrected chi connectivity index (χ3v) is 3.89. The van der Waals surface area contributed by atoms with Gasteiger partial charge in [-0.05, 0) is 47.5 Å². The summed E-state index contributed by atoms with van der Waals surface area (Å²) < 4.78 is 1.92. The largest absolute Gasteiger partial charge is 0.376 e. The van der Waals surface area contributed by atoms with Gasteiger partial charge in [0.1, 0.15) is 6.54 Å². The molecule has 0 aliphatic carbocycles. The van der Waals surface area contributed by atoms with E-state index in [1.54, 1.807) is 6.07 Å². The number of aromatic nitrogens is 1. The lowest BCUT2D eigenvalue weighted by molar-refractivity contribution is -0.128. The lowest BCUT2D eigenvalue weighted by atomic mass is 10.1. The van der Waals surface area contributed by atoms with Gasteiger partial charge < -0.3 is 9.88 Å². The Hall–Kier alpha value is -2.61. The van der Waals surface area contributed by atoms with E-state index in [2.05, 4.69) is 32.1 Å². The molecule has 0 aliphatic heterocycles. The molecule has 1 aromatic carbocycles. The Bertz CT molecular complexity index is 848. The van der Waals surface area contributed by atoms with Gasteiger partial charge in [-0.1, -0.05) is 17.7 Å². The summed E-state index contributed by atoms with van der Waals surface area (Å²) in [7, 11) is 0. The summed E-state index contributed by atoms with van der Waals surface area (Å²) >= 11 is 3.23. The first-order valence-corrected chi connectivity index (χ1v) is 8.39. The number of rotatable bonds is 5. The zero-order chi connectivity index (χ0) is 18.4. The fourth-order valence-electron chi connectivity index (χ4n) is 2.19. The van der Waals surface area contributed by atoms with Gasteiger partial charge in [-0.15, -0.1) is 0 Å². The molecule has 0 saturated carbocycles. The Labute approximate surface area is 153 Å². The first kappa shape index (κ1) is 18.7. The highest BCUT2D eigenvalue weighted by molar-refractivity contribution is 9.10. The number of nitrogens with zero attached hydrogens (tertiary/aromatic N) is 1. The van der Waals surface area contributed by atoms with Crippen LogP contribution in [0.2, 0.25) is 0 Å². The van der Waals surface area contributed by atoms with Crippen LogP contribution in [0.4, 0.5) is 5.69 Å². The summed E-state index contributed by atoms with van der Waals surface area (Å²) in [6, 6.07) is 8.81. The maximum absolute atomic E-state index is 11.8. The molecule has 2 rings (SSSR count). The predicted octanol–water partition coefficient (Wildman–Crippen LogP) is 1.49. The van der Waals surface area contributed by atoms with Crippen molar-refractivity contribution in [2.24, 2.45) is 0 Å². The number of carbonyl (C=O) groups is 2. The van der Waals surface area contributed by atoms with E-state index < -0.39 is 11.8 Å². The average molecular weight is 407 g/mol. The van der Waals surface area contributed by atoms with Crippen LogP contribution in [0.3, 0.4) is 0 Å². The predicted molar refractivity (Wildman–Crippen MR) is 99.1 cm³/mol. The van der Waals surface area contributed by atoms with E-state index in [1.807, 2.05) is 32.0 Å². The molecular formula is C17H19BrN4O3. The van der Waals surface area contributed by atoms with Crippen molar-refractivity contribution in [2.75, 3.05) is 11.9 Å². The lowest BCUT2D eigenvalue weighted by Crippen LogP contribution is -2.46. The summed E-state index contributed by atoms with van der Waals surface area (Å²) in [5, 5.41) is 3.01. The molecule has 0 fully saturated rings. The first-order chi connectivity index (χ1) is 11.8. The minimum absolute atomic E-state index is 0.0149. The number of amides is 2. The molecule has 0 spiro atoms. The number of nitrogens with one attached hydrogen (secondary N) is 3. The van der Waals surface area contributed by atoms with Crippen molar-refractivity contribution < 1.29 is 9.59 Å². The van der Waals surface area contributed by atoms with Crippen LogP contribution in [0.1, 0.15) is 11.1 Å². The van der Waals surface area contributed by atoms with Crippen molar-refractivity contribution in [3.8, 4) is 0 Å². The molecule has 25 heavy (non-hydrogen) atoms. The molecule has 0 atom stereocenters. The Kier molecular flexibility index (Phi) is 6.35. The Morgan fingerprint density at radius 1 is 1.08 bits per heavy atom.